The number of benzene rings is 2. The van der Waals surface area contributed by atoms with Crippen molar-refractivity contribution in [2.45, 2.75) is 64.0 Å². The molecule has 0 bridgehead atoms. The number of carbonyl (C=O) groups excluding carboxylic acids is 2. The van der Waals surface area contributed by atoms with Gasteiger partial charge in [-0.1, -0.05) is 44.2 Å². The lowest BCUT2D eigenvalue weighted by Crippen LogP contribution is -2.46. The number of nitrogens with one attached hydrogen (secondary N) is 2. The molecule has 0 aliphatic carbocycles. The van der Waals surface area contributed by atoms with E-state index in [1.165, 1.54) is 30.5 Å². The summed E-state index contributed by atoms with van der Waals surface area (Å²) in [5.74, 6) is -0.318. The van der Waals surface area contributed by atoms with Gasteiger partial charge in [0.2, 0.25) is 5.91 Å². The highest BCUT2D eigenvalue weighted by Crippen LogP contribution is 2.36. The van der Waals surface area contributed by atoms with Gasteiger partial charge in [-0.2, -0.15) is 0 Å². The van der Waals surface area contributed by atoms with Gasteiger partial charge in [-0.15, -0.1) is 0 Å². The van der Waals surface area contributed by atoms with Crippen molar-refractivity contribution in [3.05, 3.63) is 78.6 Å². The SMILES string of the molecule is CC(C)C[C@@H](NC(=O)OC(C)(C)C)C(=O)Nc1ccc(-c2ccnc3c2cc(C(F)F)n3S(=O)(=O)c2ccccc2)cc1. The van der Waals surface area contributed by atoms with Crippen molar-refractivity contribution in [2.75, 3.05) is 5.32 Å². The van der Waals surface area contributed by atoms with Crippen LogP contribution in [0, 0.1) is 5.92 Å². The van der Waals surface area contributed by atoms with Crippen molar-refractivity contribution >= 4 is 38.7 Å². The third-order valence-corrected chi connectivity index (χ3v) is 8.10. The summed E-state index contributed by atoms with van der Waals surface area (Å²) in [5, 5.41) is 5.65. The molecule has 9 nitrogen and oxygen atoms in total. The second-order valence-electron chi connectivity index (χ2n) is 11.4. The molecule has 2 heterocycles. The van der Waals surface area contributed by atoms with Crippen LogP contribution < -0.4 is 10.6 Å². The van der Waals surface area contributed by atoms with Crippen LogP contribution in [0.15, 0.2) is 77.8 Å². The van der Waals surface area contributed by atoms with Crippen LogP contribution in [0.25, 0.3) is 22.2 Å². The standard InChI is InChI=1S/C31H34F2N4O5S/c1-19(2)17-25(36-30(39)42-31(3,4)5)29(38)35-21-13-11-20(12-14-21)23-15-16-34-28-24(23)18-26(27(32)33)37(28)43(40,41)22-9-7-6-8-10-22/h6-16,18-19,25,27H,17H2,1-5H3,(H,35,38)(H,36,39)/t25-/m1/s1. The largest absolute Gasteiger partial charge is 0.444 e. The Morgan fingerprint density at radius 3 is 2.23 bits per heavy atom. The van der Waals surface area contributed by atoms with Crippen LogP contribution in [0.1, 0.15) is 53.2 Å². The van der Waals surface area contributed by atoms with E-state index in [-0.39, 0.29) is 21.8 Å². The Morgan fingerprint density at radius 1 is 1.00 bits per heavy atom. The summed E-state index contributed by atoms with van der Waals surface area (Å²) >= 11 is 0. The van der Waals surface area contributed by atoms with Gasteiger partial charge in [0.25, 0.3) is 16.4 Å². The van der Waals surface area contributed by atoms with E-state index in [0.29, 0.717) is 27.2 Å². The molecule has 2 aromatic heterocycles. The molecule has 2 N–H and O–H groups in total. The van der Waals surface area contributed by atoms with Crippen LogP contribution in [0.2, 0.25) is 0 Å². The second kappa shape index (κ2) is 12.5. The van der Waals surface area contributed by atoms with Crippen molar-refractivity contribution < 1.29 is 31.5 Å². The third kappa shape index (κ3) is 7.37. The number of ether oxygens (including phenoxy) is 1. The molecular weight excluding hydrogens is 578 g/mol. The Balaban J connectivity index is 1.64. The van der Waals surface area contributed by atoms with Crippen molar-refractivity contribution in [3.63, 3.8) is 0 Å². The first-order chi connectivity index (χ1) is 20.2. The highest BCUT2D eigenvalue weighted by Gasteiger charge is 2.29. The molecule has 0 saturated heterocycles. The molecule has 12 heteroatoms. The molecule has 2 amide bonds. The van der Waals surface area contributed by atoms with Crippen LogP contribution in [0.3, 0.4) is 0 Å². The summed E-state index contributed by atoms with van der Waals surface area (Å²) in [5.41, 5.74) is -0.0338. The number of amides is 2. The Morgan fingerprint density at radius 2 is 1.65 bits per heavy atom. The molecule has 0 unspecified atom stereocenters. The number of fused-ring (bicyclic) bond motifs is 1. The van der Waals surface area contributed by atoms with E-state index in [9.17, 15) is 26.8 Å². The maximum atomic E-state index is 14.1. The van der Waals surface area contributed by atoms with Crippen LogP contribution in [-0.2, 0) is 19.6 Å². The van der Waals surface area contributed by atoms with E-state index in [1.54, 1.807) is 57.2 Å². The molecule has 0 saturated carbocycles. The average molecular weight is 613 g/mol. The highest BCUT2D eigenvalue weighted by molar-refractivity contribution is 7.90. The van der Waals surface area contributed by atoms with Gasteiger partial charge in [-0.25, -0.2) is 30.9 Å². The normalized spacial score (nSPS) is 12.9. The summed E-state index contributed by atoms with van der Waals surface area (Å²) in [4.78, 5) is 29.4. The zero-order chi connectivity index (χ0) is 31.5. The first-order valence-corrected chi connectivity index (χ1v) is 15.1. The van der Waals surface area contributed by atoms with Gasteiger partial charge in [0, 0.05) is 17.3 Å². The topological polar surface area (TPSA) is 119 Å². The Hall–Kier alpha value is -4.32. The van der Waals surface area contributed by atoms with Crippen LogP contribution in [0.5, 0.6) is 0 Å². The van der Waals surface area contributed by atoms with Gasteiger partial charge < -0.3 is 15.4 Å². The first kappa shape index (κ1) is 31.6. The molecule has 2 aromatic carbocycles. The number of halogens is 2. The predicted octanol–water partition coefficient (Wildman–Crippen LogP) is 6.76. The molecule has 1 atom stereocenters. The van der Waals surface area contributed by atoms with E-state index in [1.807, 2.05) is 13.8 Å². The molecule has 0 spiro atoms. The Bertz CT molecular complexity index is 1710. The molecule has 228 valence electrons. The van der Waals surface area contributed by atoms with Gasteiger partial charge in [0.05, 0.1) is 4.90 Å². The molecule has 0 aliphatic heterocycles. The summed E-state index contributed by atoms with van der Waals surface area (Å²) in [6.07, 6.45) is -2.03. The quantitative estimate of drug-likeness (QED) is 0.216. The van der Waals surface area contributed by atoms with E-state index < -0.39 is 45.8 Å². The fourth-order valence-corrected chi connectivity index (χ4v) is 6.06. The zero-order valence-corrected chi connectivity index (χ0v) is 25.3. The lowest BCUT2D eigenvalue weighted by molar-refractivity contribution is -0.118. The van der Waals surface area contributed by atoms with Gasteiger partial charge in [-0.05, 0) is 80.6 Å². The summed E-state index contributed by atoms with van der Waals surface area (Å²) in [6.45, 7) is 9.05. The van der Waals surface area contributed by atoms with Crippen molar-refractivity contribution in [1.29, 1.82) is 0 Å². The lowest BCUT2D eigenvalue weighted by atomic mass is 10.0. The fraction of sp³-hybridized carbons (Fsp3) is 0.323. The van der Waals surface area contributed by atoms with E-state index in [2.05, 4.69) is 15.6 Å². The van der Waals surface area contributed by atoms with Crippen molar-refractivity contribution in [1.82, 2.24) is 14.3 Å². The number of hydrogen-bond donors (Lipinski definition) is 2. The zero-order valence-electron chi connectivity index (χ0n) is 24.5. The number of rotatable bonds is 9. The van der Waals surface area contributed by atoms with Crippen molar-refractivity contribution in [3.8, 4) is 11.1 Å². The number of nitrogens with zero attached hydrogens (tertiary/aromatic N) is 2. The molecule has 43 heavy (non-hydrogen) atoms. The smallest absolute Gasteiger partial charge is 0.408 e. The average Bonchev–Trinajstić information content (AvgIpc) is 3.34. The second-order valence-corrected chi connectivity index (χ2v) is 13.2. The van der Waals surface area contributed by atoms with Crippen LogP contribution >= 0.6 is 0 Å². The number of anilines is 1. The van der Waals surface area contributed by atoms with Crippen LogP contribution in [0.4, 0.5) is 19.3 Å². The maximum absolute atomic E-state index is 14.1. The van der Waals surface area contributed by atoms with Crippen molar-refractivity contribution in [2.24, 2.45) is 5.92 Å². The predicted molar refractivity (Wildman–Crippen MR) is 160 cm³/mol. The minimum absolute atomic E-state index is 0.110. The number of pyridine rings is 1. The molecule has 4 rings (SSSR count). The Kier molecular flexibility index (Phi) is 9.19. The number of alkyl carbamates (subject to hydrolysis) is 1. The maximum Gasteiger partial charge on any atom is 0.408 e. The van der Waals surface area contributed by atoms with E-state index >= 15 is 0 Å². The molecular formula is C31H34F2N4O5S. The van der Waals surface area contributed by atoms with E-state index in [4.69, 9.17) is 4.74 Å². The molecule has 0 aliphatic rings. The van der Waals surface area contributed by atoms with Gasteiger partial charge in [-0.3, -0.25) is 4.79 Å². The number of hydrogen-bond acceptors (Lipinski definition) is 6. The highest BCUT2D eigenvalue weighted by atomic mass is 32.2. The summed E-state index contributed by atoms with van der Waals surface area (Å²) in [6, 6.07) is 15.8. The van der Waals surface area contributed by atoms with Gasteiger partial charge in [0.15, 0.2) is 5.65 Å². The van der Waals surface area contributed by atoms with Gasteiger partial charge >= 0.3 is 6.09 Å². The molecule has 0 radical (unpaired) electrons. The van der Waals surface area contributed by atoms with Gasteiger partial charge in [0.1, 0.15) is 17.3 Å². The number of carbonyl (C=O) groups is 2. The number of alkyl halides is 2. The van der Waals surface area contributed by atoms with E-state index in [0.717, 1.165) is 6.07 Å². The van der Waals surface area contributed by atoms with Crippen LogP contribution in [-0.4, -0.2) is 41.0 Å². The summed E-state index contributed by atoms with van der Waals surface area (Å²) in [7, 11) is -4.37. The molecule has 4 aromatic rings. The minimum Gasteiger partial charge on any atom is -0.444 e. The third-order valence-electron chi connectivity index (χ3n) is 6.37. The monoisotopic (exact) mass is 612 g/mol. The molecule has 0 fully saturated rings. The first-order valence-electron chi connectivity index (χ1n) is 13.7. The minimum atomic E-state index is -4.37. The fourth-order valence-electron chi connectivity index (χ4n) is 4.56. The number of aromatic nitrogens is 2. The summed E-state index contributed by atoms with van der Waals surface area (Å²) < 4.78 is 61.0. The Labute approximate surface area is 249 Å². The lowest BCUT2D eigenvalue weighted by Gasteiger charge is -2.24.